The number of nitrogens with zero attached hydrogens (tertiary/aromatic N) is 2. The van der Waals surface area contributed by atoms with Gasteiger partial charge in [0.2, 0.25) is 0 Å². The van der Waals surface area contributed by atoms with Gasteiger partial charge in [0.05, 0.1) is 21.3 Å². The minimum absolute atomic E-state index is 0.186. The van der Waals surface area contributed by atoms with Crippen LogP contribution in [-0.4, -0.2) is 37.2 Å². The summed E-state index contributed by atoms with van der Waals surface area (Å²) in [7, 11) is 4.79. The first-order valence-corrected chi connectivity index (χ1v) is 10.8. The number of hydrogen-bond donors (Lipinski definition) is 1. The van der Waals surface area contributed by atoms with Gasteiger partial charge in [-0.1, -0.05) is 12.1 Å². The van der Waals surface area contributed by atoms with Crippen LogP contribution < -0.4 is 24.3 Å². The van der Waals surface area contributed by atoms with Gasteiger partial charge in [-0.15, -0.1) is 0 Å². The summed E-state index contributed by atoms with van der Waals surface area (Å²) < 4.78 is 21.4. The lowest BCUT2D eigenvalue weighted by Gasteiger charge is -2.11. The number of ether oxygens (including phenoxy) is 4. The fourth-order valence-corrected chi connectivity index (χ4v) is 3.36. The lowest BCUT2D eigenvalue weighted by atomic mass is 10.1. The van der Waals surface area contributed by atoms with E-state index in [1.807, 2.05) is 24.3 Å². The number of carbonyl (C=O) groups is 1. The number of benzene rings is 3. The molecule has 8 heteroatoms. The van der Waals surface area contributed by atoms with Gasteiger partial charge in [0.1, 0.15) is 23.0 Å². The van der Waals surface area contributed by atoms with E-state index in [4.69, 9.17) is 18.9 Å². The van der Waals surface area contributed by atoms with Crippen LogP contribution in [0.5, 0.6) is 29.0 Å². The van der Waals surface area contributed by atoms with E-state index in [9.17, 15) is 4.79 Å². The molecule has 1 aromatic heterocycles. The van der Waals surface area contributed by atoms with Crippen molar-refractivity contribution in [3.8, 4) is 40.1 Å². The molecule has 0 bridgehead atoms. The Kier molecular flexibility index (Phi) is 7.42. The van der Waals surface area contributed by atoms with Crippen molar-refractivity contribution < 1.29 is 23.7 Å². The van der Waals surface area contributed by atoms with E-state index in [-0.39, 0.29) is 11.9 Å². The van der Waals surface area contributed by atoms with Gasteiger partial charge in [-0.2, -0.15) is 0 Å². The van der Waals surface area contributed by atoms with Gasteiger partial charge in [-0.05, 0) is 54.1 Å². The molecule has 0 radical (unpaired) electrons. The van der Waals surface area contributed by atoms with Crippen LogP contribution in [0.25, 0.3) is 11.1 Å². The summed E-state index contributed by atoms with van der Waals surface area (Å²) in [6.45, 7) is 0.331. The van der Waals surface area contributed by atoms with Gasteiger partial charge < -0.3 is 24.3 Å². The van der Waals surface area contributed by atoms with Crippen molar-refractivity contribution in [2.24, 2.45) is 0 Å². The smallest absolute Gasteiger partial charge is 0.321 e. The molecule has 3 aromatic carbocycles. The second kappa shape index (κ2) is 11.0. The molecule has 1 amide bonds. The molecular formula is C27H25N3O5. The maximum absolute atomic E-state index is 12.6. The van der Waals surface area contributed by atoms with Crippen LogP contribution in [0.1, 0.15) is 15.9 Å². The Hall–Kier alpha value is -4.59. The minimum Gasteiger partial charge on any atom is -0.497 e. The number of hydrogen-bond acceptors (Lipinski definition) is 7. The molecular weight excluding hydrogens is 446 g/mol. The van der Waals surface area contributed by atoms with Crippen molar-refractivity contribution in [1.82, 2.24) is 15.3 Å². The van der Waals surface area contributed by atoms with Gasteiger partial charge in [0.15, 0.2) is 0 Å². The van der Waals surface area contributed by atoms with Crippen molar-refractivity contribution >= 4 is 5.91 Å². The number of rotatable bonds is 9. The predicted molar refractivity (Wildman–Crippen MR) is 131 cm³/mol. The first-order chi connectivity index (χ1) is 17.1. The zero-order valence-corrected chi connectivity index (χ0v) is 19.6. The summed E-state index contributed by atoms with van der Waals surface area (Å²) in [6.07, 6.45) is 3.35. The number of nitrogens with one attached hydrogen (secondary N) is 1. The van der Waals surface area contributed by atoms with Crippen LogP contribution in [0.3, 0.4) is 0 Å². The first-order valence-electron chi connectivity index (χ1n) is 10.8. The van der Waals surface area contributed by atoms with Crippen molar-refractivity contribution in [3.63, 3.8) is 0 Å². The van der Waals surface area contributed by atoms with E-state index < -0.39 is 0 Å². The third-order valence-electron chi connectivity index (χ3n) is 5.31. The lowest BCUT2D eigenvalue weighted by Crippen LogP contribution is -2.23. The number of carbonyl (C=O) groups excluding carboxylic acids is 1. The highest BCUT2D eigenvalue weighted by molar-refractivity contribution is 5.94. The zero-order chi connectivity index (χ0) is 24.6. The van der Waals surface area contributed by atoms with E-state index >= 15 is 0 Å². The molecule has 8 nitrogen and oxygen atoms in total. The normalized spacial score (nSPS) is 10.4. The van der Waals surface area contributed by atoms with E-state index in [1.165, 1.54) is 0 Å². The molecule has 0 saturated heterocycles. The molecule has 0 saturated carbocycles. The highest BCUT2D eigenvalue weighted by atomic mass is 16.5. The Morgan fingerprint density at radius 2 is 1.37 bits per heavy atom. The Bertz CT molecular complexity index is 1270. The summed E-state index contributed by atoms with van der Waals surface area (Å²) in [5, 5.41) is 2.92. The van der Waals surface area contributed by atoms with Crippen molar-refractivity contribution in [2.45, 2.75) is 6.54 Å². The average Bonchev–Trinajstić information content (AvgIpc) is 2.92. The van der Waals surface area contributed by atoms with Crippen LogP contribution >= 0.6 is 0 Å². The summed E-state index contributed by atoms with van der Waals surface area (Å²) in [5.41, 5.74) is 3.09. The van der Waals surface area contributed by atoms with E-state index in [0.29, 0.717) is 29.4 Å². The largest absolute Gasteiger partial charge is 0.497 e. The van der Waals surface area contributed by atoms with Gasteiger partial charge in [0.25, 0.3) is 5.91 Å². The summed E-state index contributed by atoms with van der Waals surface area (Å²) in [4.78, 5) is 21.2. The Morgan fingerprint density at radius 1 is 0.743 bits per heavy atom. The third kappa shape index (κ3) is 5.86. The Morgan fingerprint density at radius 3 is 2.00 bits per heavy atom. The minimum atomic E-state index is -0.186. The van der Waals surface area contributed by atoms with Crippen molar-refractivity contribution in [1.29, 1.82) is 0 Å². The highest BCUT2D eigenvalue weighted by Gasteiger charge is 2.10. The molecule has 0 aliphatic heterocycles. The first kappa shape index (κ1) is 23.6. The van der Waals surface area contributed by atoms with Crippen LogP contribution in [0, 0.1) is 0 Å². The van der Waals surface area contributed by atoms with Crippen LogP contribution in [0.4, 0.5) is 0 Å². The molecule has 0 unspecified atom stereocenters. The van der Waals surface area contributed by atoms with E-state index in [0.717, 1.165) is 22.4 Å². The van der Waals surface area contributed by atoms with Gasteiger partial charge in [-0.3, -0.25) is 4.79 Å². The average molecular weight is 472 g/mol. The second-order valence-electron chi connectivity index (χ2n) is 7.47. The maximum Gasteiger partial charge on any atom is 0.321 e. The number of methoxy groups -OCH3 is 3. The molecule has 1 N–H and O–H groups in total. The number of aromatic nitrogens is 2. The molecule has 35 heavy (non-hydrogen) atoms. The standard InChI is InChI=1S/C27H25N3O5/c1-32-22-10-12-23(13-11-22)35-27-29-16-21(17-30-27)18-4-6-19(7-5-18)26(31)28-15-20-8-9-24(33-2)14-25(20)34-3/h4-14,16-17H,15H2,1-3H3,(H,28,31). The maximum atomic E-state index is 12.6. The SMILES string of the molecule is COc1ccc(Oc2ncc(-c3ccc(C(=O)NCc4ccc(OC)cc4OC)cc3)cn2)cc1. The molecule has 0 aliphatic carbocycles. The second-order valence-corrected chi connectivity index (χ2v) is 7.47. The lowest BCUT2D eigenvalue weighted by molar-refractivity contribution is 0.0950. The summed E-state index contributed by atoms with van der Waals surface area (Å²) in [5.74, 6) is 2.51. The predicted octanol–water partition coefficient (Wildman–Crippen LogP) is 4.89. The fraction of sp³-hybridized carbons (Fsp3) is 0.148. The van der Waals surface area contributed by atoms with Gasteiger partial charge in [-0.25, -0.2) is 9.97 Å². The Balaban J connectivity index is 1.37. The van der Waals surface area contributed by atoms with Gasteiger partial charge in [0, 0.05) is 41.7 Å². The van der Waals surface area contributed by atoms with Crippen molar-refractivity contribution in [3.05, 3.63) is 90.3 Å². The molecule has 178 valence electrons. The topological polar surface area (TPSA) is 91.8 Å². The zero-order valence-electron chi connectivity index (χ0n) is 19.6. The molecule has 1 heterocycles. The van der Waals surface area contributed by atoms with E-state index in [2.05, 4.69) is 15.3 Å². The monoisotopic (exact) mass is 471 g/mol. The summed E-state index contributed by atoms with van der Waals surface area (Å²) in [6, 6.07) is 20.1. The van der Waals surface area contributed by atoms with Crippen LogP contribution in [0.2, 0.25) is 0 Å². The Labute approximate surface area is 203 Å². The van der Waals surface area contributed by atoms with Crippen LogP contribution in [0.15, 0.2) is 79.1 Å². The molecule has 0 atom stereocenters. The molecule has 0 aliphatic rings. The molecule has 4 rings (SSSR count). The highest BCUT2D eigenvalue weighted by Crippen LogP contribution is 2.25. The third-order valence-corrected chi connectivity index (χ3v) is 5.31. The van der Waals surface area contributed by atoms with Crippen molar-refractivity contribution in [2.75, 3.05) is 21.3 Å². The molecule has 0 fully saturated rings. The molecule has 0 spiro atoms. The van der Waals surface area contributed by atoms with Crippen LogP contribution in [-0.2, 0) is 6.54 Å². The van der Waals surface area contributed by atoms with E-state index in [1.54, 1.807) is 76.2 Å². The fourth-order valence-electron chi connectivity index (χ4n) is 3.36. The molecule has 4 aromatic rings. The number of amides is 1. The summed E-state index contributed by atoms with van der Waals surface area (Å²) >= 11 is 0. The van der Waals surface area contributed by atoms with Gasteiger partial charge >= 0.3 is 6.01 Å². The quantitative estimate of drug-likeness (QED) is 0.372.